The second kappa shape index (κ2) is 6.77. The lowest BCUT2D eigenvalue weighted by molar-refractivity contribution is -0.0289. The molecule has 0 atom stereocenters. The summed E-state index contributed by atoms with van der Waals surface area (Å²) >= 11 is 0. The number of ether oxygens (including phenoxy) is 1. The highest BCUT2D eigenvalue weighted by Gasteiger charge is 2.28. The van der Waals surface area contributed by atoms with Crippen LogP contribution in [0, 0.1) is 5.92 Å². The molecule has 17 heavy (non-hydrogen) atoms. The Morgan fingerprint density at radius 3 is 2.59 bits per heavy atom. The number of rotatable bonds is 7. The first-order valence-corrected chi connectivity index (χ1v) is 6.74. The van der Waals surface area contributed by atoms with Gasteiger partial charge in [-0.25, -0.2) is 0 Å². The van der Waals surface area contributed by atoms with Crippen LogP contribution in [0.5, 0.6) is 0 Å². The van der Waals surface area contributed by atoms with E-state index in [-0.39, 0.29) is 0 Å². The fourth-order valence-corrected chi connectivity index (χ4v) is 2.33. The van der Waals surface area contributed by atoms with E-state index in [2.05, 4.69) is 30.3 Å². The minimum atomic E-state index is 0.500. The molecular weight excluding hydrogens is 210 g/mol. The molecule has 1 fully saturated rings. The first-order chi connectivity index (χ1) is 8.38. The van der Waals surface area contributed by atoms with Crippen LogP contribution in [0.15, 0.2) is 30.3 Å². The van der Waals surface area contributed by atoms with Crippen LogP contribution in [0.1, 0.15) is 31.2 Å². The maximum Gasteiger partial charge on any atom is 0.0581 e. The lowest BCUT2D eigenvalue weighted by Crippen LogP contribution is -2.36. The van der Waals surface area contributed by atoms with Crippen molar-refractivity contribution in [3.05, 3.63) is 35.9 Å². The van der Waals surface area contributed by atoms with Gasteiger partial charge in [0, 0.05) is 6.61 Å². The Balaban J connectivity index is 1.47. The highest BCUT2D eigenvalue weighted by atomic mass is 16.5. The van der Waals surface area contributed by atoms with Crippen molar-refractivity contribution in [3.63, 3.8) is 0 Å². The van der Waals surface area contributed by atoms with Gasteiger partial charge >= 0.3 is 0 Å². The lowest BCUT2D eigenvalue weighted by Gasteiger charge is -2.34. The van der Waals surface area contributed by atoms with Gasteiger partial charge in [-0.1, -0.05) is 30.3 Å². The van der Waals surface area contributed by atoms with Crippen LogP contribution in [0.3, 0.4) is 0 Å². The summed E-state index contributed by atoms with van der Waals surface area (Å²) < 4.78 is 5.79. The van der Waals surface area contributed by atoms with Gasteiger partial charge < -0.3 is 10.5 Å². The molecule has 0 aromatic heterocycles. The fraction of sp³-hybridized carbons (Fsp3) is 0.600. The largest absolute Gasteiger partial charge is 0.378 e. The Morgan fingerprint density at radius 2 is 1.88 bits per heavy atom. The van der Waals surface area contributed by atoms with Crippen molar-refractivity contribution < 1.29 is 4.74 Å². The lowest BCUT2D eigenvalue weighted by atomic mass is 9.82. The second-order valence-electron chi connectivity index (χ2n) is 5.01. The maximum atomic E-state index is 5.79. The summed E-state index contributed by atoms with van der Waals surface area (Å²) in [5.74, 6) is 0.726. The molecule has 0 aliphatic heterocycles. The molecule has 1 aromatic rings. The van der Waals surface area contributed by atoms with Gasteiger partial charge in [0.15, 0.2) is 0 Å². The molecular formula is C15H23NO. The third-order valence-corrected chi connectivity index (χ3v) is 3.58. The summed E-state index contributed by atoms with van der Waals surface area (Å²) in [5, 5.41) is 0. The predicted octanol–water partition coefficient (Wildman–Crippen LogP) is 2.76. The summed E-state index contributed by atoms with van der Waals surface area (Å²) in [6.45, 7) is 1.74. The molecule has 1 aromatic carbocycles. The number of hydrogen-bond donors (Lipinski definition) is 1. The molecule has 2 heteroatoms. The van der Waals surface area contributed by atoms with Crippen LogP contribution in [0.4, 0.5) is 0 Å². The molecule has 0 unspecified atom stereocenters. The van der Waals surface area contributed by atoms with E-state index in [1.807, 2.05) is 0 Å². The molecule has 0 radical (unpaired) electrons. The van der Waals surface area contributed by atoms with E-state index in [0.29, 0.717) is 6.10 Å². The van der Waals surface area contributed by atoms with Crippen LogP contribution in [0.25, 0.3) is 0 Å². The number of unbranched alkanes of at least 4 members (excludes halogenated alkanes) is 1. The van der Waals surface area contributed by atoms with E-state index in [0.717, 1.165) is 19.1 Å². The topological polar surface area (TPSA) is 35.2 Å². The molecule has 0 spiro atoms. The third kappa shape index (κ3) is 4.14. The minimum Gasteiger partial charge on any atom is -0.378 e. The monoisotopic (exact) mass is 233 g/mol. The number of benzene rings is 1. The van der Waals surface area contributed by atoms with E-state index in [1.165, 1.54) is 37.7 Å². The Bertz CT molecular complexity index is 306. The van der Waals surface area contributed by atoms with E-state index in [9.17, 15) is 0 Å². The minimum absolute atomic E-state index is 0.500. The summed E-state index contributed by atoms with van der Waals surface area (Å²) in [6, 6.07) is 10.7. The Kier molecular flexibility index (Phi) is 5.02. The Hall–Kier alpha value is -0.860. The van der Waals surface area contributed by atoms with Gasteiger partial charge in [-0.3, -0.25) is 0 Å². The van der Waals surface area contributed by atoms with Crippen LogP contribution in [0.2, 0.25) is 0 Å². The molecule has 2 rings (SSSR count). The van der Waals surface area contributed by atoms with Crippen molar-refractivity contribution in [1.82, 2.24) is 0 Å². The molecule has 94 valence electrons. The van der Waals surface area contributed by atoms with Crippen LogP contribution < -0.4 is 5.73 Å². The predicted molar refractivity (Wildman–Crippen MR) is 70.9 cm³/mol. The quantitative estimate of drug-likeness (QED) is 0.735. The van der Waals surface area contributed by atoms with Crippen molar-refractivity contribution in [2.75, 3.05) is 13.2 Å². The smallest absolute Gasteiger partial charge is 0.0581 e. The van der Waals surface area contributed by atoms with Crippen LogP contribution in [-0.4, -0.2) is 19.3 Å². The third-order valence-electron chi connectivity index (χ3n) is 3.58. The van der Waals surface area contributed by atoms with Gasteiger partial charge in [0.05, 0.1) is 6.10 Å². The van der Waals surface area contributed by atoms with Crippen molar-refractivity contribution in [2.24, 2.45) is 11.7 Å². The number of aryl methyl sites for hydroxylation is 1. The summed E-state index contributed by atoms with van der Waals surface area (Å²) in [5.41, 5.74) is 7.01. The average molecular weight is 233 g/mol. The Labute approximate surface area is 104 Å². The molecule has 0 bridgehead atoms. The van der Waals surface area contributed by atoms with E-state index >= 15 is 0 Å². The SMILES string of the molecule is NCC1CC(OCCCCc2ccccc2)C1. The summed E-state index contributed by atoms with van der Waals surface area (Å²) in [4.78, 5) is 0. The molecule has 2 N–H and O–H groups in total. The standard InChI is InChI=1S/C15H23NO/c16-12-14-10-15(11-14)17-9-5-4-8-13-6-2-1-3-7-13/h1-3,6-7,14-15H,4-5,8-12,16H2. The second-order valence-corrected chi connectivity index (χ2v) is 5.01. The van der Waals surface area contributed by atoms with Crippen LogP contribution in [-0.2, 0) is 11.2 Å². The van der Waals surface area contributed by atoms with Gasteiger partial charge in [0.1, 0.15) is 0 Å². The van der Waals surface area contributed by atoms with Gasteiger partial charge in [-0.2, -0.15) is 0 Å². The molecule has 0 heterocycles. The fourth-order valence-electron chi connectivity index (χ4n) is 2.33. The van der Waals surface area contributed by atoms with Crippen molar-refractivity contribution >= 4 is 0 Å². The molecule has 0 amide bonds. The highest BCUT2D eigenvalue weighted by molar-refractivity contribution is 5.14. The van der Waals surface area contributed by atoms with E-state index in [1.54, 1.807) is 0 Å². The molecule has 0 saturated heterocycles. The summed E-state index contributed by atoms with van der Waals surface area (Å²) in [7, 11) is 0. The molecule has 1 saturated carbocycles. The zero-order chi connectivity index (χ0) is 11.9. The molecule has 2 nitrogen and oxygen atoms in total. The zero-order valence-electron chi connectivity index (χ0n) is 10.5. The normalized spacial score (nSPS) is 23.4. The average Bonchev–Trinajstić information content (AvgIpc) is 2.32. The van der Waals surface area contributed by atoms with Gasteiger partial charge in [0.25, 0.3) is 0 Å². The summed E-state index contributed by atoms with van der Waals surface area (Å²) in [6.07, 6.45) is 6.40. The van der Waals surface area contributed by atoms with Crippen molar-refractivity contribution in [1.29, 1.82) is 0 Å². The number of nitrogens with two attached hydrogens (primary N) is 1. The Morgan fingerprint density at radius 1 is 1.12 bits per heavy atom. The highest BCUT2D eigenvalue weighted by Crippen LogP contribution is 2.28. The van der Waals surface area contributed by atoms with Gasteiger partial charge in [-0.15, -0.1) is 0 Å². The van der Waals surface area contributed by atoms with Crippen molar-refractivity contribution in [2.45, 2.75) is 38.2 Å². The van der Waals surface area contributed by atoms with Gasteiger partial charge in [0.2, 0.25) is 0 Å². The zero-order valence-corrected chi connectivity index (χ0v) is 10.5. The van der Waals surface area contributed by atoms with Crippen LogP contribution >= 0.6 is 0 Å². The maximum absolute atomic E-state index is 5.79. The van der Waals surface area contributed by atoms with Crippen molar-refractivity contribution in [3.8, 4) is 0 Å². The molecule has 1 aliphatic carbocycles. The molecule has 1 aliphatic rings. The first-order valence-electron chi connectivity index (χ1n) is 6.74. The van der Waals surface area contributed by atoms with Gasteiger partial charge in [-0.05, 0) is 50.1 Å². The van der Waals surface area contributed by atoms with E-state index in [4.69, 9.17) is 10.5 Å². The number of hydrogen-bond acceptors (Lipinski definition) is 2. The first kappa shape index (κ1) is 12.6. The van der Waals surface area contributed by atoms with E-state index < -0.39 is 0 Å².